The first-order valence-electron chi connectivity index (χ1n) is 5.04. The quantitative estimate of drug-likeness (QED) is 0.794. The van der Waals surface area contributed by atoms with Crippen molar-refractivity contribution in [1.29, 1.82) is 0 Å². The Morgan fingerprint density at radius 2 is 1.86 bits per heavy atom. The highest BCUT2D eigenvalue weighted by Gasteiger charge is 2.08. The molecule has 0 aliphatic carbocycles. The number of hydrogen-bond donors (Lipinski definition) is 1. The smallest absolute Gasteiger partial charge is 0.0455 e. The third-order valence-corrected chi connectivity index (χ3v) is 3.06. The molecule has 0 amide bonds. The molecule has 2 heteroatoms. The molecular formula is C12H18ClN. The second-order valence-electron chi connectivity index (χ2n) is 4.09. The van der Waals surface area contributed by atoms with Crippen LogP contribution < -0.4 is 5.32 Å². The number of rotatable bonds is 3. The van der Waals surface area contributed by atoms with Crippen LogP contribution in [0, 0.1) is 12.8 Å². The highest BCUT2D eigenvalue weighted by atomic mass is 35.5. The van der Waals surface area contributed by atoms with Gasteiger partial charge in [0.15, 0.2) is 0 Å². The van der Waals surface area contributed by atoms with Crippen LogP contribution >= 0.6 is 11.6 Å². The van der Waals surface area contributed by atoms with Crippen LogP contribution in [-0.4, -0.2) is 6.04 Å². The van der Waals surface area contributed by atoms with Crippen molar-refractivity contribution in [2.45, 2.75) is 33.7 Å². The lowest BCUT2D eigenvalue weighted by Crippen LogP contribution is -2.21. The van der Waals surface area contributed by atoms with Gasteiger partial charge in [-0.25, -0.2) is 0 Å². The SMILES string of the molecule is Cc1c(Cl)cccc1NC(C)C(C)C. The molecule has 0 bridgehead atoms. The normalized spacial score (nSPS) is 13.0. The Balaban J connectivity index is 2.82. The van der Waals surface area contributed by atoms with Gasteiger partial charge >= 0.3 is 0 Å². The highest BCUT2D eigenvalue weighted by Crippen LogP contribution is 2.24. The molecule has 14 heavy (non-hydrogen) atoms. The summed E-state index contributed by atoms with van der Waals surface area (Å²) in [5.74, 6) is 0.619. The molecule has 0 aliphatic rings. The van der Waals surface area contributed by atoms with Crippen LogP contribution in [-0.2, 0) is 0 Å². The number of anilines is 1. The predicted octanol–water partition coefficient (Wildman–Crippen LogP) is 4.10. The van der Waals surface area contributed by atoms with Gasteiger partial charge in [0.2, 0.25) is 0 Å². The van der Waals surface area contributed by atoms with E-state index in [-0.39, 0.29) is 0 Å². The molecule has 1 N–H and O–H groups in total. The minimum absolute atomic E-state index is 0.465. The van der Waals surface area contributed by atoms with Gasteiger partial charge in [0, 0.05) is 16.8 Å². The summed E-state index contributed by atoms with van der Waals surface area (Å²) in [6, 6.07) is 6.43. The van der Waals surface area contributed by atoms with E-state index in [9.17, 15) is 0 Å². The van der Waals surface area contributed by atoms with Crippen LogP contribution in [0.1, 0.15) is 26.3 Å². The maximum Gasteiger partial charge on any atom is 0.0455 e. The fourth-order valence-corrected chi connectivity index (χ4v) is 1.35. The second kappa shape index (κ2) is 4.70. The standard InChI is InChI=1S/C12H18ClN/c1-8(2)10(4)14-12-7-5-6-11(13)9(12)3/h5-8,10,14H,1-4H3. The first-order valence-corrected chi connectivity index (χ1v) is 5.42. The summed E-state index contributed by atoms with van der Waals surface area (Å²) in [4.78, 5) is 0. The van der Waals surface area contributed by atoms with E-state index >= 15 is 0 Å². The van der Waals surface area contributed by atoms with Crippen molar-refractivity contribution in [2.24, 2.45) is 5.92 Å². The van der Waals surface area contributed by atoms with Gasteiger partial charge in [-0.05, 0) is 37.5 Å². The van der Waals surface area contributed by atoms with Gasteiger partial charge < -0.3 is 5.32 Å². The summed E-state index contributed by atoms with van der Waals surface area (Å²) in [6.45, 7) is 8.64. The van der Waals surface area contributed by atoms with E-state index in [0.717, 1.165) is 16.3 Å². The van der Waals surface area contributed by atoms with E-state index in [1.54, 1.807) is 0 Å². The summed E-state index contributed by atoms with van der Waals surface area (Å²) < 4.78 is 0. The van der Waals surface area contributed by atoms with Crippen LogP contribution in [0.25, 0.3) is 0 Å². The largest absolute Gasteiger partial charge is 0.382 e. The van der Waals surface area contributed by atoms with Crippen molar-refractivity contribution in [3.8, 4) is 0 Å². The third-order valence-electron chi connectivity index (χ3n) is 2.65. The van der Waals surface area contributed by atoms with E-state index in [2.05, 4.69) is 32.2 Å². The number of halogens is 1. The summed E-state index contributed by atoms with van der Waals surface area (Å²) in [7, 11) is 0. The van der Waals surface area contributed by atoms with Crippen LogP contribution in [0.4, 0.5) is 5.69 Å². The molecule has 0 saturated carbocycles. The predicted molar refractivity (Wildman–Crippen MR) is 64.1 cm³/mol. The monoisotopic (exact) mass is 211 g/mol. The van der Waals surface area contributed by atoms with Crippen molar-refractivity contribution >= 4 is 17.3 Å². The topological polar surface area (TPSA) is 12.0 Å². The molecule has 1 aromatic rings. The average Bonchev–Trinajstić information content (AvgIpc) is 2.12. The van der Waals surface area contributed by atoms with Gasteiger partial charge in [-0.2, -0.15) is 0 Å². The van der Waals surface area contributed by atoms with Crippen molar-refractivity contribution < 1.29 is 0 Å². The van der Waals surface area contributed by atoms with Crippen LogP contribution in [0.2, 0.25) is 5.02 Å². The fraction of sp³-hybridized carbons (Fsp3) is 0.500. The molecule has 0 saturated heterocycles. The second-order valence-corrected chi connectivity index (χ2v) is 4.50. The van der Waals surface area contributed by atoms with E-state index < -0.39 is 0 Å². The Hall–Kier alpha value is -0.690. The first kappa shape index (κ1) is 11.4. The summed E-state index contributed by atoms with van der Waals surface area (Å²) >= 11 is 6.04. The molecule has 0 spiro atoms. The first-order chi connectivity index (χ1) is 6.52. The third kappa shape index (κ3) is 2.65. The molecule has 0 fully saturated rings. The molecule has 0 heterocycles. The molecular weight excluding hydrogens is 194 g/mol. The Labute approximate surface area is 91.5 Å². The highest BCUT2D eigenvalue weighted by molar-refractivity contribution is 6.31. The van der Waals surface area contributed by atoms with Gasteiger partial charge in [-0.15, -0.1) is 0 Å². The molecule has 1 nitrogen and oxygen atoms in total. The van der Waals surface area contributed by atoms with E-state index in [4.69, 9.17) is 11.6 Å². The van der Waals surface area contributed by atoms with E-state index in [1.165, 1.54) is 0 Å². The summed E-state index contributed by atoms with van der Waals surface area (Å²) in [5, 5.41) is 4.29. The molecule has 1 rings (SSSR count). The van der Waals surface area contributed by atoms with Crippen molar-refractivity contribution in [1.82, 2.24) is 0 Å². The average molecular weight is 212 g/mol. The Morgan fingerprint density at radius 1 is 1.21 bits per heavy atom. The van der Waals surface area contributed by atoms with Gasteiger partial charge in [0.25, 0.3) is 0 Å². The fourth-order valence-electron chi connectivity index (χ4n) is 1.18. The van der Waals surface area contributed by atoms with Crippen LogP contribution in [0.5, 0.6) is 0 Å². The Morgan fingerprint density at radius 3 is 2.43 bits per heavy atom. The maximum absolute atomic E-state index is 6.04. The van der Waals surface area contributed by atoms with E-state index in [0.29, 0.717) is 12.0 Å². The molecule has 1 atom stereocenters. The maximum atomic E-state index is 6.04. The molecule has 1 aromatic carbocycles. The lowest BCUT2D eigenvalue weighted by atomic mass is 10.1. The van der Waals surface area contributed by atoms with Crippen LogP contribution in [0.3, 0.4) is 0 Å². The molecule has 0 aromatic heterocycles. The van der Waals surface area contributed by atoms with Crippen molar-refractivity contribution in [3.63, 3.8) is 0 Å². The summed E-state index contributed by atoms with van der Waals surface area (Å²) in [6.07, 6.45) is 0. The minimum Gasteiger partial charge on any atom is -0.382 e. The lowest BCUT2D eigenvalue weighted by molar-refractivity contribution is 0.560. The lowest BCUT2D eigenvalue weighted by Gasteiger charge is -2.20. The van der Waals surface area contributed by atoms with Crippen molar-refractivity contribution in [2.75, 3.05) is 5.32 Å². The van der Waals surface area contributed by atoms with Gasteiger partial charge in [0.1, 0.15) is 0 Å². The van der Waals surface area contributed by atoms with Crippen LogP contribution in [0.15, 0.2) is 18.2 Å². The Kier molecular flexibility index (Phi) is 3.82. The zero-order valence-electron chi connectivity index (χ0n) is 9.26. The number of nitrogens with one attached hydrogen (secondary N) is 1. The molecule has 0 aliphatic heterocycles. The summed E-state index contributed by atoms with van der Waals surface area (Å²) in [5.41, 5.74) is 2.26. The van der Waals surface area contributed by atoms with Gasteiger partial charge in [-0.1, -0.05) is 31.5 Å². The van der Waals surface area contributed by atoms with Gasteiger partial charge in [0.05, 0.1) is 0 Å². The van der Waals surface area contributed by atoms with E-state index in [1.807, 2.05) is 19.1 Å². The number of hydrogen-bond acceptors (Lipinski definition) is 1. The zero-order valence-corrected chi connectivity index (χ0v) is 10.0. The zero-order chi connectivity index (χ0) is 10.7. The van der Waals surface area contributed by atoms with Crippen molar-refractivity contribution in [3.05, 3.63) is 28.8 Å². The molecule has 78 valence electrons. The number of benzene rings is 1. The minimum atomic E-state index is 0.465. The molecule has 0 radical (unpaired) electrons. The molecule has 1 unspecified atom stereocenters. The van der Waals surface area contributed by atoms with Gasteiger partial charge in [-0.3, -0.25) is 0 Å². The Bertz CT molecular complexity index is 307.